The van der Waals surface area contributed by atoms with E-state index in [0.717, 1.165) is 6.42 Å². The Balaban J connectivity index is 3.22. The number of hydrogen-bond acceptors (Lipinski definition) is 3. The van der Waals surface area contributed by atoms with Crippen LogP contribution in [-0.4, -0.2) is 12.6 Å². The van der Waals surface area contributed by atoms with Crippen LogP contribution in [0.3, 0.4) is 0 Å². The molecule has 3 heteroatoms. The van der Waals surface area contributed by atoms with Gasteiger partial charge in [-0.05, 0) is 11.8 Å². The monoisotopic (exact) mass is 160 g/mol. The molecule has 0 aromatic heterocycles. The van der Waals surface area contributed by atoms with Crippen molar-refractivity contribution in [3.8, 4) is 0 Å². The highest BCUT2D eigenvalue weighted by atomic mass is 17.2. The summed E-state index contributed by atoms with van der Waals surface area (Å²) in [6.07, 6.45) is 0.875. The largest absolute Gasteiger partial charge is 0.339 e. The van der Waals surface area contributed by atoms with E-state index in [9.17, 15) is 4.79 Å². The summed E-state index contributed by atoms with van der Waals surface area (Å²) in [6, 6.07) is 0. The maximum absolute atomic E-state index is 10.2. The van der Waals surface area contributed by atoms with Crippen LogP contribution in [0.5, 0.6) is 0 Å². The molecule has 0 rings (SSSR count). The molecular formula is C8H16O3. The van der Waals surface area contributed by atoms with Crippen molar-refractivity contribution in [3.05, 3.63) is 0 Å². The minimum absolute atomic E-state index is 0.222. The first kappa shape index (κ1) is 10.4. The van der Waals surface area contributed by atoms with Crippen LogP contribution in [0, 0.1) is 5.41 Å². The van der Waals surface area contributed by atoms with Gasteiger partial charge < -0.3 is 0 Å². The highest BCUT2D eigenvalue weighted by molar-refractivity contribution is 5.65. The topological polar surface area (TPSA) is 35.5 Å². The summed E-state index contributed by atoms with van der Waals surface area (Å²) < 4.78 is 0. The summed E-state index contributed by atoms with van der Waals surface area (Å²) in [4.78, 5) is 19.1. The van der Waals surface area contributed by atoms with Gasteiger partial charge in [0, 0.05) is 6.92 Å². The third kappa shape index (κ3) is 9.43. The Labute approximate surface area is 67.6 Å². The van der Waals surface area contributed by atoms with Gasteiger partial charge in [-0.1, -0.05) is 20.8 Å². The van der Waals surface area contributed by atoms with E-state index in [0.29, 0.717) is 6.61 Å². The van der Waals surface area contributed by atoms with Gasteiger partial charge in [0.1, 0.15) is 0 Å². The summed E-state index contributed by atoms with van der Waals surface area (Å²) in [5, 5.41) is 0. The zero-order valence-corrected chi connectivity index (χ0v) is 7.64. The first-order chi connectivity index (χ1) is 4.92. The van der Waals surface area contributed by atoms with Crippen LogP contribution in [-0.2, 0) is 14.6 Å². The summed E-state index contributed by atoms with van der Waals surface area (Å²) in [7, 11) is 0. The highest BCUT2D eigenvalue weighted by Gasteiger charge is 2.09. The molecule has 0 spiro atoms. The van der Waals surface area contributed by atoms with E-state index in [4.69, 9.17) is 0 Å². The predicted octanol–water partition coefficient (Wildman–Crippen LogP) is 1.92. The van der Waals surface area contributed by atoms with Crippen LogP contribution in [0.2, 0.25) is 0 Å². The van der Waals surface area contributed by atoms with Crippen LogP contribution in [0.4, 0.5) is 0 Å². The molecule has 0 aromatic carbocycles. The first-order valence-electron chi connectivity index (χ1n) is 3.72. The molecular weight excluding hydrogens is 144 g/mol. The molecule has 3 nitrogen and oxygen atoms in total. The molecule has 0 aliphatic rings. The molecule has 11 heavy (non-hydrogen) atoms. The fraction of sp³-hybridized carbons (Fsp3) is 0.875. The fourth-order valence-corrected chi connectivity index (χ4v) is 0.473. The average Bonchev–Trinajstić information content (AvgIpc) is 1.78. The van der Waals surface area contributed by atoms with Gasteiger partial charge in [-0.2, -0.15) is 4.89 Å². The van der Waals surface area contributed by atoms with Crippen molar-refractivity contribution in [3.63, 3.8) is 0 Å². The Morgan fingerprint density at radius 3 is 2.27 bits per heavy atom. The first-order valence-corrected chi connectivity index (χ1v) is 3.72. The zero-order valence-electron chi connectivity index (χ0n) is 7.64. The van der Waals surface area contributed by atoms with E-state index < -0.39 is 5.97 Å². The average molecular weight is 160 g/mol. The van der Waals surface area contributed by atoms with Gasteiger partial charge in [-0.3, -0.25) is 4.89 Å². The second kappa shape index (κ2) is 4.34. The molecule has 0 bridgehead atoms. The summed E-state index contributed by atoms with van der Waals surface area (Å²) in [5.74, 6) is -0.404. The van der Waals surface area contributed by atoms with Crippen LogP contribution in [0.15, 0.2) is 0 Å². The second-order valence-electron chi connectivity index (χ2n) is 3.71. The van der Waals surface area contributed by atoms with Crippen molar-refractivity contribution in [2.75, 3.05) is 6.61 Å². The molecule has 0 atom stereocenters. The molecule has 66 valence electrons. The molecule has 0 saturated carbocycles. The molecule has 0 radical (unpaired) electrons. The van der Waals surface area contributed by atoms with E-state index in [2.05, 4.69) is 30.5 Å². The van der Waals surface area contributed by atoms with E-state index in [1.54, 1.807) is 0 Å². The number of hydrogen-bond donors (Lipinski definition) is 0. The maximum atomic E-state index is 10.2. The molecule has 0 fully saturated rings. The zero-order chi connectivity index (χ0) is 8.91. The van der Waals surface area contributed by atoms with E-state index >= 15 is 0 Å². The third-order valence-electron chi connectivity index (χ3n) is 1.11. The lowest BCUT2D eigenvalue weighted by atomic mass is 9.93. The quantitative estimate of drug-likeness (QED) is 0.359. The lowest BCUT2D eigenvalue weighted by Gasteiger charge is -2.16. The molecule has 0 aliphatic heterocycles. The van der Waals surface area contributed by atoms with Crippen LogP contribution >= 0.6 is 0 Å². The van der Waals surface area contributed by atoms with Gasteiger partial charge in [0.2, 0.25) is 0 Å². The molecule has 0 unspecified atom stereocenters. The Hall–Kier alpha value is -0.570. The van der Waals surface area contributed by atoms with Crippen LogP contribution in [0.25, 0.3) is 0 Å². The predicted molar refractivity (Wildman–Crippen MR) is 41.8 cm³/mol. The van der Waals surface area contributed by atoms with Crippen LogP contribution < -0.4 is 0 Å². The van der Waals surface area contributed by atoms with Crippen molar-refractivity contribution >= 4 is 5.97 Å². The molecule has 0 amide bonds. The Bertz CT molecular complexity index is 124. The van der Waals surface area contributed by atoms with Crippen molar-refractivity contribution in [1.29, 1.82) is 0 Å². The van der Waals surface area contributed by atoms with E-state index in [1.807, 2.05) is 0 Å². The van der Waals surface area contributed by atoms with Gasteiger partial charge in [-0.25, -0.2) is 4.79 Å². The minimum Gasteiger partial charge on any atom is -0.299 e. The SMILES string of the molecule is CC(=O)OOCCC(C)(C)C. The fourth-order valence-electron chi connectivity index (χ4n) is 0.473. The minimum atomic E-state index is -0.404. The summed E-state index contributed by atoms with van der Waals surface area (Å²) in [5.41, 5.74) is 0.222. The third-order valence-corrected chi connectivity index (χ3v) is 1.11. The standard InChI is InChI=1S/C8H16O3/c1-7(9)11-10-6-5-8(2,3)4/h5-6H2,1-4H3. The van der Waals surface area contributed by atoms with Crippen molar-refractivity contribution in [1.82, 2.24) is 0 Å². The smallest absolute Gasteiger partial charge is 0.299 e. The number of carbonyl (C=O) groups excluding carboxylic acids is 1. The second-order valence-corrected chi connectivity index (χ2v) is 3.71. The summed E-state index contributed by atoms with van der Waals surface area (Å²) in [6.45, 7) is 8.08. The Kier molecular flexibility index (Phi) is 4.11. The van der Waals surface area contributed by atoms with Gasteiger partial charge in [-0.15, -0.1) is 0 Å². The molecule has 0 N–H and O–H groups in total. The van der Waals surface area contributed by atoms with Crippen molar-refractivity contribution in [2.45, 2.75) is 34.1 Å². The van der Waals surface area contributed by atoms with E-state index in [-0.39, 0.29) is 5.41 Å². The number of carbonyl (C=O) groups is 1. The highest BCUT2D eigenvalue weighted by Crippen LogP contribution is 2.17. The van der Waals surface area contributed by atoms with Crippen LogP contribution in [0.1, 0.15) is 34.1 Å². The molecule has 0 aliphatic carbocycles. The summed E-state index contributed by atoms with van der Waals surface area (Å²) >= 11 is 0. The molecule has 0 aromatic rings. The maximum Gasteiger partial charge on any atom is 0.339 e. The Morgan fingerprint density at radius 2 is 1.91 bits per heavy atom. The van der Waals surface area contributed by atoms with Crippen molar-refractivity contribution < 1.29 is 14.6 Å². The van der Waals surface area contributed by atoms with Crippen molar-refractivity contribution in [2.24, 2.45) is 5.41 Å². The Morgan fingerprint density at radius 1 is 1.36 bits per heavy atom. The van der Waals surface area contributed by atoms with Gasteiger partial charge in [0.05, 0.1) is 6.61 Å². The van der Waals surface area contributed by atoms with Gasteiger partial charge in [0.25, 0.3) is 0 Å². The lowest BCUT2D eigenvalue weighted by molar-refractivity contribution is -0.272. The normalized spacial score (nSPS) is 11.3. The number of rotatable bonds is 3. The molecule has 0 saturated heterocycles. The van der Waals surface area contributed by atoms with Gasteiger partial charge in [0.15, 0.2) is 0 Å². The lowest BCUT2D eigenvalue weighted by Crippen LogP contribution is -2.10. The van der Waals surface area contributed by atoms with E-state index in [1.165, 1.54) is 6.92 Å². The van der Waals surface area contributed by atoms with Gasteiger partial charge >= 0.3 is 5.97 Å². The molecule has 0 heterocycles.